The Hall–Kier alpha value is -1.02. The SMILES string of the molecule is CC1(C)C[C@@H]2c3ccccc3O[C@@H]2O1. The zero-order valence-corrected chi connectivity index (χ0v) is 8.49. The van der Waals surface area contributed by atoms with Crippen molar-refractivity contribution in [2.45, 2.75) is 38.1 Å². The molecule has 2 atom stereocenters. The van der Waals surface area contributed by atoms with Crippen LogP contribution in [-0.4, -0.2) is 11.9 Å². The average Bonchev–Trinajstić information content (AvgIpc) is 2.56. The summed E-state index contributed by atoms with van der Waals surface area (Å²) in [4.78, 5) is 0. The van der Waals surface area contributed by atoms with Crippen molar-refractivity contribution in [3.63, 3.8) is 0 Å². The lowest BCUT2D eigenvalue weighted by atomic mass is 9.92. The molecule has 0 aromatic heterocycles. The Morgan fingerprint density at radius 1 is 1.29 bits per heavy atom. The molecule has 0 amide bonds. The van der Waals surface area contributed by atoms with Gasteiger partial charge in [-0.1, -0.05) is 18.2 Å². The summed E-state index contributed by atoms with van der Waals surface area (Å²) in [5, 5.41) is 0. The highest BCUT2D eigenvalue weighted by molar-refractivity contribution is 5.41. The first-order chi connectivity index (χ1) is 6.66. The summed E-state index contributed by atoms with van der Waals surface area (Å²) in [5.74, 6) is 1.43. The third-order valence-electron chi connectivity index (χ3n) is 3.04. The molecular weight excluding hydrogens is 176 g/mol. The molecule has 1 aromatic rings. The molecule has 0 saturated carbocycles. The average molecular weight is 190 g/mol. The monoisotopic (exact) mass is 190 g/mol. The van der Waals surface area contributed by atoms with Gasteiger partial charge in [0.15, 0.2) is 0 Å². The van der Waals surface area contributed by atoms with E-state index in [0.29, 0.717) is 5.92 Å². The zero-order valence-electron chi connectivity index (χ0n) is 8.49. The lowest BCUT2D eigenvalue weighted by Crippen LogP contribution is -2.22. The standard InChI is InChI=1S/C12H14O2/c1-12(2)7-9-8-5-3-4-6-10(8)13-11(9)14-12/h3-6,9,11H,7H2,1-2H3/t9-,11-/m1/s1. The molecule has 1 saturated heterocycles. The summed E-state index contributed by atoms with van der Waals surface area (Å²) in [7, 11) is 0. The molecule has 2 heteroatoms. The summed E-state index contributed by atoms with van der Waals surface area (Å²) < 4.78 is 11.6. The smallest absolute Gasteiger partial charge is 0.207 e. The van der Waals surface area contributed by atoms with Gasteiger partial charge < -0.3 is 9.47 Å². The second kappa shape index (κ2) is 2.51. The van der Waals surface area contributed by atoms with E-state index < -0.39 is 0 Å². The molecule has 1 fully saturated rings. The Labute approximate surface area is 83.8 Å². The van der Waals surface area contributed by atoms with Gasteiger partial charge in [0.1, 0.15) is 5.75 Å². The Bertz CT molecular complexity index is 370. The van der Waals surface area contributed by atoms with Crippen LogP contribution in [-0.2, 0) is 4.74 Å². The molecule has 0 aliphatic carbocycles. The van der Waals surface area contributed by atoms with Crippen LogP contribution in [0.1, 0.15) is 31.7 Å². The minimum Gasteiger partial charge on any atom is -0.464 e. The second-order valence-electron chi connectivity index (χ2n) is 4.71. The van der Waals surface area contributed by atoms with Crippen LogP contribution in [0.15, 0.2) is 24.3 Å². The Kier molecular flexibility index (Phi) is 1.49. The summed E-state index contributed by atoms with van der Waals surface area (Å²) in [5.41, 5.74) is 1.27. The van der Waals surface area contributed by atoms with E-state index >= 15 is 0 Å². The van der Waals surface area contributed by atoms with E-state index in [2.05, 4.69) is 26.0 Å². The predicted molar refractivity (Wildman–Crippen MR) is 53.4 cm³/mol. The summed E-state index contributed by atoms with van der Waals surface area (Å²) in [6.07, 6.45) is 0.997. The van der Waals surface area contributed by atoms with Crippen molar-refractivity contribution in [1.29, 1.82) is 0 Å². The van der Waals surface area contributed by atoms with E-state index in [-0.39, 0.29) is 11.9 Å². The fourth-order valence-electron chi connectivity index (χ4n) is 2.45. The van der Waals surface area contributed by atoms with Crippen LogP contribution in [0.25, 0.3) is 0 Å². The highest BCUT2D eigenvalue weighted by Crippen LogP contribution is 2.49. The van der Waals surface area contributed by atoms with Crippen LogP contribution in [0.4, 0.5) is 0 Å². The number of rotatable bonds is 0. The molecule has 0 unspecified atom stereocenters. The van der Waals surface area contributed by atoms with Gasteiger partial charge in [-0.2, -0.15) is 0 Å². The van der Waals surface area contributed by atoms with Crippen molar-refractivity contribution in [3.05, 3.63) is 29.8 Å². The number of ether oxygens (including phenoxy) is 2. The Morgan fingerprint density at radius 2 is 2.07 bits per heavy atom. The fourth-order valence-corrected chi connectivity index (χ4v) is 2.45. The number of hydrogen-bond donors (Lipinski definition) is 0. The maximum absolute atomic E-state index is 5.83. The minimum atomic E-state index is -0.0533. The molecule has 2 aliphatic heterocycles. The first-order valence-electron chi connectivity index (χ1n) is 5.09. The van der Waals surface area contributed by atoms with Crippen LogP contribution < -0.4 is 4.74 Å². The zero-order chi connectivity index (χ0) is 9.76. The van der Waals surface area contributed by atoms with Crippen molar-refractivity contribution in [3.8, 4) is 5.75 Å². The highest BCUT2D eigenvalue weighted by Gasteiger charge is 2.47. The molecule has 0 spiro atoms. The highest BCUT2D eigenvalue weighted by atomic mass is 16.7. The lowest BCUT2D eigenvalue weighted by Gasteiger charge is -2.18. The van der Waals surface area contributed by atoms with Crippen molar-refractivity contribution in [1.82, 2.24) is 0 Å². The van der Waals surface area contributed by atoms with Gasteiger partial charge in [-0.05, 0) is 26.3 Å². The van der Waals surface area contributed by atoms with Gasteiger partial charge in [-0.25, -0.2) is 0 Å². The molecule has 74 valence electrons. The van der Waals surface area contributed by atoms with Gasteiger partial charge in [0.05, 0.1) is 11.5 Å². The van der Waals surface area contributed by atoms with Gasteiger partial charge in [0, 0.05) is 5.56 Å². The molecule has 2 heterocycles. The van der Waals surface area contributed by atoms with Crippen LogP contribution in [0, 0.1) is 0 Å². The van der Waals surface area contributed by atoms with Gasteiger partial charge in [-0.3, -0.25) is 0 Å². The molecule has 2 aliphatic rings. The first-order valence-corrected chi connectivity index (χ1v) is 5.09. The van der Waals surface area contributed by atoms with Crippen molar-refractivity contribution in [2.75, 3.05) is 0 Å². The molecule has 0 radical (unpaired) electrons. The van der Waals surface area contributed by atoms with Crippen LogP contribution >= 0.6 is 0 Å². The molecule has 3 rings (SSSR count). The van der Waals surface area contributed by atoms with E-state index in [1.54, 1.807) is 0 Å². The van der Waals surface area contributed by atoms with Gasteiger partial charge in [-0.15, -0.1) is 0 Å². The van der Waals surface area contributed by atoms with Gasteiger partial charge in [0.2, 0.25) is 6.29 Å². The number of fused-ring (bicyclic) bond motifs is 3. The van der Waals surface area contributed by atoms with E-state index in [9.17, 15) is 0 Å². The first kappa shape index (κ1) is 8.30. The number of para-hydroxylation sites is 1. The lowest BCUT2D eigenvalue weighted by molar-refractivity contribution is -0.104. The molecule has 1 aromatic carbocycles. The van der Waals surface area contributed by atoms with Crippen molar-refractivity contribution < 1.29 is 9.47 Å². The van der Waals surface area contributed by atoms with Crippen LogP contribution in [0.2, 0.25) is 0 Å². The summed E-state index contributed by atoms with van der Waals surface area (Å²) in [6, 6.07) is 8.23. The second-order valence-corrected chi connectivity index (χ2v) is 4.71. The maximum atomic E-state index is 5.83. The maximum Gasteiger partial charge on any atom is 0.207 e. The number of benzene rings is 1. The van der Waals surface area contributed by atoms with E-state index in [0.717, 1.165) is 12.2 Å². The van der Waals surface area contributed by atoms with Crippen LogP contribution in [0.3, 0.4) is 0 Å². The summed E-state index contributed by atoms with van der Waals surface area (Å²) >= 11 is 0. The van der Waals surface area contributed by atoms with E-state index in [1.807, 2.05) is 12.1 Å². The van der Waals surface area contributed by atoms with Gasteiger partial charge in [0.25, 0.3) is 0 Å². The van der Waals surface area contributed by atoms with Crippen molar-refractivity contribution in [2.24, 2.45) is 0 Å². The molecule has 0 N–H and O–H groups in total. The quantitative estimate of drug-likeness (QED) is 0.626. The largest absolute Gasteiger partial charge is 0.464 e. The predicted octanol–water partition coefficient (Wildman–Crippen LogP) is 2.69. The normalized spacial score (nSPS) is 32.1. The molecule has 2 nitrogen and oxygen atoms in total. The van der Waals surface area contributed by atoms with Crippen LogP contribution in [0.5, 0.6) is 5.75 Å². The van der Waals surface area contributed by atoms with E-state index in [1.165, 1.54) is 5.56 Å². The van der Waals surface area contributed by atoms with Gasteiger partial charge >= 0.3 is 0 Å². The Balaban J connectivity index is 2.00. The third-order valence-corrected chi connectivity index (χ3v) is 3.04. The van der Waals surface area contributed by atoms with Crippen molar-refractivity contribution >= 4 is 0 Å². The molecular formula is C12H14O2. The number of hydrogen-bond acceptors (Lipinski definition) is 2. The fraction of sp³-hybridized carbons (Fsp3) is 0.500. The molecule has 0 bridgehead atoms. The third kappa shape index (κ3) is 1.07. The van der Waals surface area contributed by atoms with E-state index in [4.69, 9.17) is 9.47 Å². The Morgan fingerprint density at radius 3 is 2.93 bits per heavy atom. The summed E-state index contributed by atoms with van der Waals surface area (Å²) in [6.45, 7) is 4.24. The molecule has 14 heavy (non-hydrogen) atoms. The topological polar surface area (TPSA) is 18.5 Å². The minimum absolute atomic E-state index is 0.0388.